The Balaban J connectivity index is 4.04. The molecule has 0 aromatic heterocycles. The third-order valence-electron chi connectivity index (χ3n) is 2.64. The van der Waals surface area contributed by atoms with Gasteiger partial charge in [-0.3, -0.25) is 0 Å². The fraction of sp³-hybridized carbons (Fsp3) is 1.00. The van der Waals surface area contributed by atoms with Crippen molar-refractivity contribution in [2.75, 3.05) is 40.8 Å². The zero-order valence-electron chi connectivity index (χ0n) is 11.4. The van der Waals surface area contributed by atoms with Crippen LogP contribution >= 0.6 is 0 Å². The third-order valence-corrected chi connectivity index (χ3v) is 2.64. The average molecular weight is 215 g/mol. The summed E-state index contributed by atoms with van der Waals surface area (Å²) in [5.74, 6) is 0. The van der Waals surface area contributed by atoms with Crippen molar-refractivity contribution in [3.8, 4) is 0 Å². The Labute approximate surface area is 95.6 Å². The lowest BCUT2D eigenvalue weighted by atomic mass is 9.87. The molecule has 0 spiro atoms. The highest BCUT2D eigenvalue weighted by atomic mass is 15.2. The van der Waals surface area contributed by atoms with Crippen LogP contribution in [0.2, 0.25) is 0 Å². The van der Waals surface area contributed by atoms with Crippen LogP contribution in [0.1, 0.15) is 27.2 Å². The highest BCUT2D eigenvalue weighted by Gasteiger charge is 2.20. The van der Waals surface area contributed by atoms with Gasteiger partial charge in [-0.2, -0.15) is 0 Å². The number of likely N-dealkylation sites (N-methyl/N-ethyl adjacent to an activating group) is 2. The predicted molar refractivity (Wildman–Crippen MR) is 68.1 cm³/mol. The highest BCUT2D eigenvalue weighted by Crippen LogP contribution is 2.22. The standard InChI is InChI=1S/C12H29N3/c1-12(2,3)9-11(10-13)15(6)8-7-14(4)5/h11H,7-10,13H2,1-6H3. The van der Waals surface area contributed by atoms with Crippen molar-refractivity contribution in [3.63, 3.8) is 0 Å². The summed E-state index contributed by atoms with van der Waals surface area (Å²) in [5.41, 5.74) is 6.19. The second-order valence-corrected chi connectivity index (χ2v) is 5.94. The molecule has 2 N–H and O–H groups in total. The van der Waals surface area contributed by atoms with Crippen molar-refractivity contribution in [3.05, 3.63) is 0 Å². The minimum Gasteiger partial charge on any atom is -0.329 e. The fourth-order valence-electron chi connectivity index (χ4n) is 1.67. The first-order valence-electron chi connectivity index (χ1n) is 5.81. The summed E-state index contributed by atoms with van der Waals surface area (Å²) < 4.78 is 0. The largest absolute Gasteiger partial charge is 0.329 e. The van der Waals surface area contributed by atoms with Crippen LogP contribution < -0.4 is 5.73 Å². The summed E-state index contributed by atoms with van der Waals surface area (Å²) >= 11 is 0. The Bertz CT molecular complexity index is 161. The first-order valence-corrected chi connectivity index (χ1v) is 5.81. The smallest absolute Gasteiger partial charge is 0.0220 e. The van der Waals surface area contributed by atoms with Gasteiger partial charge in [0.05, 0.1) is 0 Å². The van der Waals surface area contributed by atoms with Crippen LogP contribution in [0.4, 0.5) is 0 Å². The van der Waals surface area contributed by atoms with Gasteiger partial charge >= 0.3 is 0 Å². The number of nitrogens with zero attached hydrogens (tertiary/aromatic N) is 2. The average Bonchev–Trinajstić information content (AvgIpc) is 2.08. The molecule has 1 unspecified atom stereocenters. The molecule has 0 aliphatic rings. The second kappa shape index (κ2) is 6.46. The van der Waals surface area contributed by atoms with Gasteiger partial charge in [0.1, 0.15) is 0 Å². The molecule has 3 nitrogen and oxygen atoms in total. The van der Waals surface area contributed by atoms with Crippen molar-refractivity contribution in [1.82, 2.24) is 9.80 Å². The van der Waals surface area contributed by atoms with E-state index in [0.717, 1.165) is 26.1 Å². The molecule has 0 rings (SSSR count). The monoisotopic (exact) mass is 215 g/mol. The summed E-state index contributed by atoms with van der Waals surface area (Å²) in [6.45, 7) is 9.75. The Hall–Kier alpha value is -0.120. The first kappa shape index (κ1) is 14.9. The van der Waals surface area contributed by atoms with Crippen molar-refractivity contribution < 1.29 is 0 Å². The van der Waals surface area contributed by atoms with Crippen LogP contribution in [0.3, 0.4) is 0 Å². The molecule has 0 heterocycles. The van der Waals surface area contributed by atoms with Crippen molar-refractivity contribution in [2.24, 2.45) is 11.1 Å². The maximum atomic E-state index is 5.83. The molecule has 0 amide bonds. The minimum atomic E-state index is 0.358. The molecule has 92 valence electrons. The fourth-order valence-corrected chi connectivity index (χ4v) is 1.67. The van der Waals surface area contributed by atoms with E-state index in [9.17, 15) is 0 Å². The third kappa shape index (κ3) is 7.77. The molecule has 0 saturated carbocycles. The predicted octanol–water partition coefficient (Wildman–Crippen LogP) is 1.24. The van der Waals surface area contributed by atoms with Crippen LogP contribution in [0, 0.1) is 5.41 Å². The SMILES string of the molecule is CN(C)CCN(C)C(CN)CC(C)(C)C. The molecule has 3 heteroatoms. The van der Waals surface area contributed by atoms with Gasteiger partial charge in [0.2, 0.25) is 0 Å². The molecule has 0 aliphatic carbocycles. The molecule has 0 aromatic rings. The lowest BCUT2D eigenvalue weighted by molar-refractivity contribution is 0.171. The molecule has 0 fully saturated rings. The Morgan fingerprint density at radius 2 is 1.60 bits per heavy atom. The van der Waals surface area contributed by atoms with E-state index in [-0.39, 0.29) is 0 Å². The van der Waals surface area contributed by atoms with Crippen LogP contribution in [-0.4, -0.2) is 56.6 Å². The van der Waals surface area contributed by atoms with Crippen LogP contribution in [0.25, 0.3) is 0 Å². The number of nitrogens with two attached hydrogens (primary N) is 1. The zero-order valence-corrected chi connectivity index (χ0v) is 11.4. The van der Waals surface area contributed by atoms with E-state index in [4.69, 9.17) is 5.73 Å². The quantitative estimate of drug-likeness (QED) is 0.723. The van der Waals surface area contributed by atoms with Crippen molar-refractivity contribution in [2.45, 2.75) is 33.2 Å². The maximum Gasteiger partial charge on any atom is 0.0220 e. The topological polar surface area (TPSA) is 32.5 Å². The highest BCUT2D eigenvalue weighted by molar-refractivity contribution is 4.76. The Morgan fingerprint density at radius 1 is 1.07 bits per heavy atom. The van der Waals surface area contributed by atoms with E-state index in [1.165, 1.54) is 0 Å². The van der Waals surface area contributed by atoms with Crippen molar-refractivity contribution >= 4 is 0 Å². The molecule has 0 aliphatic heterocycles. The zero-order chi connectivity index (χ0) is 12.1. The summed E-state index contributed by atoms with van der Waals surface area (Å²) in [7, 11) is 6.39. The molecular formula is C12H29N3. The molecule has 0 saturated heterocycles. The van der Waals surface area contributed by atoms with E-state index in [2.05, 4.69) is 51.7 Å². The van der Waals surface area contributed by atoms with Crippen LogP contribution in [0.15, 0.2) is 0 Å². The molecule has 0 aromatic carbocycles. The van der Waals surface area contributed by atoms with Crippen molar-refractivity contribution in [1.29, 1.82) is 0 Å². The molecule has 0 radical (unpaired) electrons. The summed E-state index contributed by atoms with van der Waals surface area (Å²) in [6.07, 6.45) is 1.16. The van der Waals surface area contributed by atoms with E-state index >= 15 is 0 Å². The Morgan fingerprint density at radius 3 is 1.93 bits per heavy atom. The number of hydrogen-bond donors (Lipinski definition) is 1. The van der Waals surface area contributed by atoms with E-state index in [1.54, 1.807) is 0 Å². The lowest BCUT2D eigenvalue weighted by Crippen LogP contribution is -2.43. The Kier molecular flexibility index (Phi) is 6.41. The van der Waals surface area contributed by atoms with Gasteiger partial charge in [-0.15, -0.1) is 0 Å². The van der Waals surface area contributed by atoms with Gasteiger partial charge in [0, 0.05) is 25.7 Å². The minimum absolute atomic E-state index is 0.358. The second-order valence-electron chi connectivity index (χ2n) is 5.94. The molecule has 0 bridgehead atoms. The number of hydrogen-bond acceptors (Lipinski definition) is 3. The number of rotatable bonds is 6. The van der Waals surface area contributed by atoms with Gasteiger partial charge in [-0.1, -0.05) is 20.8 Å². The molecule has 15 heavy (non-hydrogen) atoms. The van der Waals surface area contributed by atoms with Crippen LogP contribution in [0.5, 0.6) is 0 Å². The van der Waals surface area contributed by atoms with E-state index in [0.29, 0.717) is 11.5 Å². The van der Waals surface area contributed by atoms with Gasteiger partial charge in [-0.05, 0) is 33.0 Å². The van der Waals surface area contributed by atoms with E-state index in [1.807, 2.05) is 0 Å². The summed E-state index contributed by atoms with van der Waals surface area (Å²) in [6, 6.07) is 0.505. The van der Waals surface area contributed by atoms with Gasteiger partial charge in [-0.25, -0.2) is 0 Å². The molecule has 1 atom stereocenters. The lowest BCUT2D eigenvalue weighted by Gasteiger charge is -2.33. The normalized spacial score (nSPS) is 15.0. The maximum absolute atomic E-state index is 5.83. The van der Waals surface area contributed by atoms with Crippen LogP contribution in [-0.2, 0) is 0 Å². The van der Waals surface area contributed by atoms with E-state index < -0.39 is 0 Å². The first-order chi connectivity index (χ1) is 6.76. The van der Waals surface area contributed by atoms with Gasteiger partial charge in [0.15, 0.2) is 0 Å². The van der Waals surface area contributed by atoms with Gasteiger partial charge in [0.25, 0.3) is 0 Å². The summed E-state index contributed by atoms with van der Waals surface area (Å²) in [5, 5.41) is 0. The molecular weight excluding hydrogens is 186 g/mol. The summed E-state index contributed by atoms with van der Waals surface area (Å²) in [4.78, 5) is 4.59. The van der Waals surface area contributed by atoms with Gasteiger partial charge < -0.3 is 15.5 Å².